The lowest BCUT2D eigenvalue weighted by molar-refractivity contribution is -0.867. The minimum absolute atomic E-state index is 0.123. The third kappa shape index (κ3) is 9.66. The summed E-state index contributed by atoms with van der Waals surface area (Å²) in [4.78, 5) is 93.8. The number of carbonyl (C=O) groups excluding carboxylic acids is 3. The number of aliphatic hydroxyl groups excluding tert-OH is 5. The van der Waals surface area contributed by atoms with Crippen molar-refractivity contribution in [2.45, 2.75) is 175 Å². The number of urea groups is 3. The first-order chi connectivity index (χ1) is 35.3. The summed E-state index contributed by atoms with van der Waals surface area (Å²) in [6.45, 7) is 23.4. The molecule has 78 heavy (non-hydrogen) atoms. The van der Waals surface area contributed by atoms with Gasteiger partial charge in [-0.1, -0.05) is 185 Å². The van der Waals surface area contributed by atoms with Gasteiger partial charge in [0.2, 0.25) is 5.60 Å². The van der Waals surface area contributed by atoms with Crippen LogP contribution < -0.4 is 0 Å². The van der Waals surface area contributed by atoms with Crippen LogP contribution in [0.2, 0.25) is 0 Å². The molecule has 3 aromatic rings. The summed E-state index contributed by atoms with van der Waals surface area (Å²) >= 11 is 0. The Balaban J connectivity index is 2.94. The molecule has 0 saturated carbocycles. The van der Waals surface area contributed by atoms with Gasteiger partial charge in [-0.25, -0.2) is 38.6 Å². The number of amides is 6. The standard InChI is InChI=1S/C60H87N3O15/c1-51(2,3)36-21-19-23-39(33-36)57(54(10,11)12,43(67)45(69)70)41-26-25-38(53(7,8)9)35-42(41)59(56(16,17)18,63(29-32-66)49(76)61(27-30-64)48(75)62(28-31-65)50(63)77)60(78,47(73)74)58(55(13,14)15,44(68)46(71)72)40-24-20-22-37(34-40)52(4,5)6/h19-26,33-35,43-44,64-68,78H,27-32H2,1-18H3,(H2-,69,70,71,72,73,74)/p+1. The van der Waals surface area contributed by atoms with Crippen molar-refractivity contribution in [2.75, 3.05) is 39.5 Å². The first-order valence-corrected chi connectivity index (χ1v) is 26.4. The number of β-amino-alcohol motifs (C(OH)–C–C–N with tert-alkyl or cyclic N) is 2. The Bertz CT molecular complexity index is 2760. The van der Waals surface area contributed by atoms with Crippen molar-refractivity contribution in [2.24, 2.45) is 16.2 Å². The molecule has 4 rings (SSSR count). The van der Waals surface area contributed by atoms with Crippen LogP contribution in [0.3, 0.4) is 0 Å². The largest absolute Gasteiger partial charge is 0.479 e. The second-order valence-electron chi connectivity index (χ2n) is 27.1. The zero-order valence-electron chi connectivity index (χ0n) is 49.1. The SMILES string of the molecule is CC(C)(C)c1cccc(C(c2ccc(C(C)(C)C)cc2C(C(C)(C)C)(C(O)(C(=O)O)C(c2cccc(C(C)(C)C)c2)(C(O)C(=O)O)C(C)(C)C)[N+]2(CCO)C(=O)N(CCO)C(=O)N(CCO)C2=O)(C(O)C(=O)O)C(C)(C)C)c1. The molecule has 0 radical (unpaired) electrons. The van der Waals surface area contributed by atoms with Gasteiger partial charge in [0.25, 0.3) is 0 Å². The van der Waals surface area contributed by atoms with Crippen molar-refractivity contribution in [1.29, 1.82) is 0 Å². The third-order valence-corrected chi connectivity index (χ3v) is 16.4. The highest BCUT2D eigenvalue weighted by Crippen LogP contribution is 2.69. The minimum Gasteiger partial charge on any atom is -0.479 e. The normalized spacial score (nSPS) is 19.1. The van der Waals surface area contributed by atoms with Gasteiger partial charge in [-0.2, -0.15) is 0 Å². The van der Waals surface area contributed by atoms with Crippen LogP contribution >= 0.6 is 0 Å². The molecule has 1 aliphatic rings. The van der Waals surface area contributed by atoms with Crippen molar-refractivity contribution < 1.29 is 79.2 Å². The van der Waals surface area contributed by atoms with E-state index in [0.29, 0.717) is 26.5 Å². The molecular weight excluding hydrogens is 1000 g/mol. The molecule has 18 nitrogen and oxygen atoms in total. The number of rotatable bonds is 18. The number of imide groups is 3. The molecule has 6 unspecified atom stereocenters. The maximum Gasteiger partial charge on any atom is 0.437 e. The van der Waals surface area contributed by atoms with Crippen LogP contribution in [0, 0.1) is 16.2 Å². The van der Waals surface area contributed by atoms with E-state index < -0.39 is 152 Å². The summed E-state index contributed by atoms with van der Waals surface area (Å²) < 4.78 is -2.20. The number of quaternary nitrogens is 1. The van der Waals surface area contributed by atoms with E-state index in [2.05, 4.69) is 0 Å². The Morgan fingerprint density at radius 1 is 0.500 bits per heavy atom. The van der Waals surface area contributed by atoms with Crippen molar-refractivity contribution in [3.05, 3.63) is 106 Å². The van der Waals surface area contributed by atoms with Crippen molar-refractivity contribution >= 4 is 36.0 Å². The predicted molar refractivity (Wildman–Crippen MR) is 294 cm³/mol. The lowest BCUT2D eigenvalue weighted by Gasteiger charge is -2.68. The van der Waals surface area contributed by atoms with E-state index in [9.17, 15) is 55.2 Å². The molecule has 6 amide bonds. The van der Waals surface area contributed by atoms with E-state index in [1.807, 2.05) is 41.5 Å². The fraction of sp³-hybridized carbons (Fsp3) is 0.600. The van der Waals surface area contributed by atoms with E-state index in [-0.39, 0.29) is 16.7 Å². The van der Waals surface area contributed by atoms with Gasteiger partial charge in [-0.3, -0.25) is 0 Å². The summed E-state index contributed by atoms with van der Waals surface area (Å²) in [6.07, 6.45) is -5.54. The van der Waals surface area contributed by atoms with Crippen LogP contribution in [0.5, 0.6) is 0 Å². The van der Waals surface area contributed by atoms with Crippen LogP contribution in [0.15, 0.2) is 66.7 Å². The van der Waals surface area contributed by atoms with E-state index in [1.54, 1.807) is 77.9 Å². The number of carboxylic acids is 3. The third-order valence-electron chi connectivity index (χ3n) is 16.4. The summed E-state index contributed by atoms with van der Waals surface area (Å²) in [7, 11) is 0. The topological polar surface area (TPSA) is 291 Å². The van der Waals surface area contributed by atoms with E-state index >= 15 is 19.5 Å². The number of aliphatic hydroxyl groups is 6. The van der Waals surface area contributed by atoms with Gasteiger partial charge in [-0.05, 0) is 66.5 Å². The molecule has 1 fully saturated rings. The molecule has 1 aliphatic heterocycles. The first kappa shape index (κ1) is 64.9. The summed E-state index contributed by atoms with van der Waals surface area (Å²) in [5, 5.41) is 111. The van der Waals surface area contributed by atoms with Crippen molar-refractivity contribution in [1.82, 2.24) is 9.80 Å². The van der Waals surface area contributed by atoms with Crippen LogP contribution in [0.4, 0.5) is 14.4 Å². The zero-order chi connectivity index (χ0) is 60.3. The first-order valence-electron chi connectivity index (χ1n) is 26.4. The molecule has 0 bridgehead atoms. The lowest BCUT2D eigenvalue weighted by atomic mass is 9.41. The van der Waals surface area contributed by atoms with E-state index in [0.717, 1.165) is 0 Å². The Morgan fingerprint density at radius 3 is 1.24 bits per heavy atom. The number of carbonyl (C=O) groups is 6. The van der Waals surface area contributed by atoms with Gasteiger partial charge in [0, 0.05) is 11.0 Å². The van der Waals surface area contributed by atoms with Crippen LogP contribution in [-0.2, 0) is 47.0 Å². The van der Waals surface area contributed by atoms with E-state index in [1.165, 1.54) is 71.9 Å². The molecule has 0 aliphatic carbocycles. The minimum atomic E-state index is -4.20. The fourth-order valence-electron chi connectivity index (χ4n) is 13.1. The molecule has 1 saturated heterocycles. The molecule has 432 valence electrons. The van der Waals surface area contributed by atoms with Crippen LogP contribution in [-0.4, -0.2) is 154 Å². The summed E-state index contributed by atoms with van der Waals surface area (Å²) in [5.41, 5.74) is -21.4. The second-order valence-corrected chi connectivity index (χ2v) is 27.1. The summed E-state index contributed by atoms with van der Waals surface area (Å²) in [5.74, 6) is -6.17. The van der Waals surface area contributed by atoms with Crippen LogP contribution in [0.25, 0.3) is 0 Å². The number of benzene rings is 3. The molecule has 1 heterocycles. The number of hydrogen-bond acceptors (Lipinski definition) is 12. The molecule has 0 aromatic heterocycles. The maximum atomic E-state index is 16.8. The molecule has 3 aromatic carbocycles. The smallest absolute Gasteiger partial charge is 0.437 e. The molecule has 18 heteroatoms. The highest BCUT2D eigenvalue weighted by molar-refractivity contribution is 6.07. The number of hydrogen-bond donors (Lipinski definition) is 9. The molecular formula is C60H88N3O15+. The average molecular weight is 1090 g/mol. The maximum absolute atomic E-state index is 16.8. The zero-order valence-corrected chi connectivity index (χ0v) is 49.1. The summed E-state index contributed by atoms with van der Waals surface area (Å²) in [6, 6.07) is 12.4. The van der Waals surface area contributed by atoms with E-state index in [4.69, 9.17) is 0 Å². The lowest BCUT2D eigenvalue weighted by Crippen LogP contribution is -2.91. The van der Waals surface area contributed by atoms with Crippen molar-refractivity contribution in [3.63, 3.8) is 0 Å². The van der Waals surface area contributed by atoms with Crippen LogP contribution in [0.1, 0.15) is 164 Å². The Kier molecular flexibility index (Phi) is 17.9. The van der Waals surface area contributed by atoms with Gasteiger partial charge in [-0.15, -0.1) is 4.48 Å². The Labute approximate surface area is 459 Å². The number of carboxylic acid groups (broad SMARTS) is 3. The highest BCUT2D eigenvalue weighted by Gasteiger charge is 2.88. The van der Waals surface area contributed by atoms with Gasteiger partial charge < -0.3 is 46.0 Å². The molecule has 9 N–H and O–H groups in total. The molecule has 0 spiro atoms. The molecule has 6 atom stereocenters. The van der Waals surface area contributed by atoms with Gasteiger partial charge >= 0.3 is 36.0 Å². The predicted octanol–water partition coefficient (Wildman–Crippen LogP) is 7.61. The Hall–Kier alpha value is -5.60. The van der Waals surface area contributed by atoms with Gasteiger partial charge in [0.1, 0.15) is 6.54 Å². The van der Waals surface area contributed by atoms with Crippen molar-refractivity contribution in [3.8, 4) is 0 Å². The number of nitrogens with zero attached hydrogens (tertiary/aromatic N) is 3. The highest BCUT2D eigenvalue weighted by atomic mass is 16.4. The average Bonchev–Trinajstić information content (AvgIpc) is 3.29. The fourth-order valence-corrected chi connectivity index (χ4v) is 13.1. The number of aliphatic carboxylic acids is 3. The Morgan fingerprint density at radius 2 is 0.897 bits per heavy atom. The van der Waals surface area contributed by atoms with Gasteiger partial charge in [0.15, 0.2) is 17.7 Å². The second kappa shape index (κ2) is 21.5. The monoisotopic (exact) mass is 1090 g/mol. The van der Waals surface area contributed by atoms with Gasteiger partial charge in [0.05, 0.1) is 43.7 Å². The quantitative estimate of drug-likeness (QED) is 0.0554.